The van der Waals surface area contributed by atoms with Crippen molar-refractivity contribution >= 4 is 11.5 Å². The Morgan fingerprint density at radius 2 is 2.03 bits per heavy atom. The van der Waals surface area contributed by atoms with Gasteiger partial charge < -0.3 is 20.3 Å². The average molecular weight is 454 g/mol. The zero-order chi connectivity index (χ0) is 23.2. The molecule has 3 heterocycles. The van der Waals surface area contributed by atoms with Crippen LogP contribution in [0.4, 0.5) is 11.5 Å². The highest BCUT2D eigenvalue weighted by molar-refractivity contribution is 5.88. The van der Waals surface area contributed by atoms with Crippen LogP contribution in [0.15, 0.2) is 36.5 Å². The number of fused-ring (bicyclic) bond motifs is 4. The summed E-state index contributed by atoms with van der Waals surface area (Å²) in [6.07, 6.45) is 3.01. The molecule has 2 unspecified atom stereocenters. The van der Waals surface area contributed by atoms with E-state index in [0.717, 1.165) is 54.5 Å². The van der Waals surface area contributed by atoms with Crippen LogP contribution in [0.1, 0.15) is 23.4 Å². The van der Waals surface area contributed by atoms with E-state index < -0.39 is 0 Å². The summed E-state index contributed by atoms with van der Waals surface area (Å²) < 4.78 is 6.07. The molecule has 34 heavy (non-hydrogen) atoms. The number of hydrogen-bond acceptors (Lipinski definition) is 8. The summed E-state index contributed by atoms with van der Waals surface area (Å²) in [4.78, 5) is 16.5. The van der Waals surface area contributed by atoms with E-state index in [1.807, 2.05) is 26.1 Å². The van der Waals surface area contributed by atoms with Crippen molar-refractivity contribution in [2.24, 2.45) is 11.8 Å². The van der Waals surface area contributed by atoms with E-state index in [9.17, 15) is 0 Å². The normalized spacial score (nSPS) is 21.4. The van der Waals surface area contributed by atoms with E-state index in [0.29, 0.717) is 36.1 Å². The molecule has 2 atom stereocenters. The van der Waals surface area contributed by atoms with Crippen LogP contribution < -0.4 is 20.3 Å². The third-order valence-corrected chi connectivity index (χ3v) is 7.21. The zero-order valence-corrected chi connectivity index (χ0v) is 19.4. The Bertz CT molecular complexity index is 1270. The van der Waals surface area contributed by atoms with Crippen molar-refractivity contribution in [3.05, 3.63) is 53.5 Å². The molecular weight excluding hydrogens is 426 g/mol. The smallest absolute Gasteiger partial charge is 0.324 e. The van der Waals surface area contributed by atoms with Gasteiger partial charge in [0.05, 0.1) is 18.0 Å². The number of pyridine rings is 1. The molecule has 2 fully saturated rings. The van der Waals surface area contributed by atoms with Crippen molar-refractivity contribution in [1.82, 2.24) is 20.3 Å². The van der Waals surface area contributed by atoms with Crippen LogP contribution in [-0.2, 0) is 6.42 Å². The first-order valence-electron chi connectivity index (χ1n) is 11.8. The van der Waals surface area contributed by atoms with Gasteiger partial charge in [-0.2, -0.15) is 15.2 Å². The van der Waals surface area contributed by atoms with Crippen LogP contribution in [0.3, 0.4) is 0 Å². The standard InChI is InChI=1S/C26H27N7O/c1-15-7-8-16(12-30-15)34-26-31-22-11-18-17(5-3-6-21(18)28-2)23(22)25(32-26)33-13-19-20(14-33)24(19)29-10-4-9-27/h3,5-8,12,19-20,24,28-29H,4,10-11,13-14H2,1-2H3. The zero-order valence-electron chi connectivity index (χ0n) is 19.4. The number of anilines is 2. The molecule has 2 aromatic heterocycles. The maximum absolute atomic E-state index is 8.81. The SMILES string of the molecule is CNc1cccc2c1Cc1nc(Oc3ccc(C)nc3)nc(N3CC4C(C3)C4NCCC#N)c1-2. The van der Waals surface area contributed by atoms with Gasteiger partial charge in [0.1, 0.15) is 11.6 Å². The van der Waals surface area contributed by atoms with Gasteiger partial charge in [-0.3, -0.25) is 4.98 Å². The lowest BCUT2D eigenvalue weighted by molar-refractivity contribution is 0.438. The molecule has 172 valence electrons. The Hall–Kier alpha value is -3.70. The molecule has 0 radical (unpaired) electrons. The largest absolute Gasteiger partial charge is 0.423 e. The monoisotopic (exact) mass is 453 g/mol. The number of rotatable bonds is 7. The van der Waals surface area contributed by atoms with E-state index >= 15 is 0 Å². The van der Waals surface area contributed by atoms with Crippen LogP contribution in [0.2, 0.25) is 0 Å². The first kappa shape index (κ1) is 20.9. The molecule has 2 N–H and O–H groups in total. The molecule has 3 aromatic rings. The number of nitrogens with one attached hydrogen (secondary N) is 2. The summed E-state index contributed by atoms with van der Waals surface area (Å²) >= 11 is 0. The number of piperidine rings is 1. The molecule has 6 rings (SSSR count). The predicted molar refractivity (Wildman–Crippen MR) is 130 cm³/mol. The van der Waals surface area contributed by atoms with Crippen LogP contribution in [0.5, 0.6) is 11.8 Å². The minimum absolute atomic E-state index is 0.363. The second-order valence-corrected chi connectivity index (χ2v) is 9.27. The predicted octanol–water partition coefficient (Wildman–Crippen LogP) is 3.52. The molecule has 8 nitrogen and oxygen atoms in total. The van der Waals surface area contributed by atoms with Crippen LogP contribution in [-0.4, -0.2) is 47.7 Å². The minimum atomic E-state index is 0.363. The first-order valence-corrected chi connectivity index (χ1v) is 11.8. The third kappa shape index (κ3) is 3.53. The summed E-state index contributed by atoms with van der Waals surface area (Å²) in [7, 11) is 1.96. The van der Waals surface area contributed by atoms with Gasteiger partial charge >= 0.3 is 6.01 Å². The fourth-order valence-electron chi connectivity index (χ4n) is 5.48. The summed E-state index contributed by atoms with van der Waals surface area (Å²) in [5.41, 5.74) is 6.64. The summed E-state index contributed by atoms with van der Waals surface area (Å²) in [6, 6.07) is 13.3. The number of aryl methyl sites for hydroxylation is 1. The fourth-order valence-corrected chi connectivity index (χ4v) is 5.48. The second kappa shape index (κ2) is 8.26. The molecule has 8 heteroatoms. The topological polar surface area (TPSA) is 99.0 Å². The molecule has 1 saturated heterocycles. The van der Waals surface area contributed by atoms with Gasteiger partial charge in [0.15, 0.2) is 0 Å². The molecular formula is C26H27N7O. The Kier molecular flexibility index (Phi) is 5.07. The Morgan fingerprint density at radius 3 is 2.76 bits per heavy atom. The van der Waals surface area contributed by atoms with Gasteiger partial charge in [-0.25, -0.2) is 0 Å². The van der Waals surface area contributed by atoms with E-state index in [1.165, 1.54) is 11.1 Å². The van der Waals surface area contributed by atoms with Crippen molar-refractivity contribution in [3.63, 3.8) is 0 Å². The molecule has 1 aromatic carbocycles. The molecule has 2 aliphatic carbocycles. The summed E-state index contributed by atoms with van der Waals surface area (Å²) in [5.74, 6) is 2.78. The Balaban J connectivity index is 1.33. The van der Waals surface area contributed by atoms with Crippen molar-refractivity contribution in [2.75, 3.05) is 36.9 Å². The molecule has 0 bridgehead atoms. The van der Waals surface area contributed by atoms with Crippen molar-refractivity contribution in [1.29, 1.82) is 5.26 Å². The molecule has 1 aliphatic heterocycles. The van der Waals surface area contributed by atoms with Crippen LogP contribution in [0, 0.1) is 30.1 Å². The number of hydrogen-bond donors (Lipinski definition) is 2. The van der Waals surface area contributed by atoms with E-state index in [1.54, 1.807) is 6.20 Å². The second-order valence-electron chi connectivity index (χ2n) is 9.27. The quantitative estimate of drug-likeness (QED) is 0.410. The van der Waals surface area contributed by atoms with Gasteiger partial charge in [0, 0.05) is 62.5 Å². The van der Waals surface area contributed by atoms with Crippen molar-refractivity contribution < 1.29 is 4.74 Å². The lowest BCUT2D eigenvalue weighted by Crippen LogP contribution is -2.32. The van der Waals surface area contributed by atoms with E-state index in [-0.39, 0.29) is 0 Å². The lowest BCUT2D eigenvalue weighted by Gasteiger charge is -2.24. The number of aromatic nitrogens is 3. The number of benzene rings is 1. The van der Waals surface area contributed by atoms with Gasteiger partial charge in [-0.05, 0) is 48.1 Å². The van der Waals surface area contributed by atoms with Gasteiger partial charge in [-0.1, -0.05) is 12.1 Å². The minimum Gasteiger partial charge on any atom is -0.423 e. The molecule has 0 amide bonds. The first-order chi connectivity index (χ1) is 16.7. The van der Waals surface area contributed by atoms with Crippen molar-refractivity contribution in [3.8, 4) is 29.0 Å². The Labute approximate surface area is 199 Å². The highest BCUT2D eigenvalue weighted by Crippen LogP contribution is 2.50. The molecule has 0 spiro atoms. The van der Waals surface area contributed by atoms with Gasteiger partial charge in [-0.15, -0.1) is 0 Å². The summed E-state index contributed by atoms with van der Waals surface area (Å²) in [5, 5.41) is 15.7. The number of ether oxygens (including phenoxy) is 1. The van der Waals surface area contributed by atoms with Gasteiger partial charge in [0.2, 0.25) is 0 Å². The fraction of sp³-hybridized carbons (Fsp3) is 0.385. The van der Waals surface area contributed by atoms with E-state index in [4.69, 9.17) is 20.0 Å². The lowest BCUT2D eigenvalue weighted by atomic mass is 10.1. The molecule has 3 aliphatic rings. The molecule has 1 saturated carbocycles. The van der Waals surface area contributed by atoms with Crippen molar-refractivity contribution in [2.45, 2.75) is 25.8 Å². The highest BCUT2D eigenvalue weighted by Gasteiger charge is 2.56. The van der Waals surface area contributed by atoms with E-state index in [2.05, 4.69) is 44.8 Å². The number of nitriles is 1. The maximum Gasteiger partial charge on any atom is 0.324 e. The number of nitrogens with zero attached hydrogens (tertiary/aromatic N) is 5. The van der Waals surface area contributed by atoms with Crippen LogP contribution >= 0.6 is 0 Å². The summed E-state index contributed by atoms with van der Waals surface area (Å²) in [6.45, 7) is 4.61. The Morgan fingerprint density at radius 1 is 1.18 bits per heavy atom. The van der Waals surface area contributed by atoms with Gasteiger partial charge in [0.25, 0.3) is 0 Å². The highest BCUT2D eigenvalue weighted by atomic mass is 16.5. The van der Waals surface area contributed by atoms with Crippen LogP contribution in [0.25, 0.3) is 11.1 Å². The maximum atomic E-state index is 8.81. The third-order valence-electron chi connectivity index (χ3n) is 7.21. The average Bonchev–Trinajstić information content (AvgIpc) is 3.17.